The van der Waals surface area contributed by atoms with Gasteiger partial charge in [0.05, 0.1) is 10.7 Å². The molecule has 3 aromatic rings. The topological polar surface area (TPSA) is 72.7 Å². The van der Waals surface area contributed by atoms with E-state index in [0.717, 1.165) is 6.07 Å². The van der Waals surface area contributed by atoms with E-state index in [1.165, 1.54) is 23.1 Å². The highest BCUT2D eigenvalue weighted by Crippen LogP contribution is 2.19. The van der Waals surface area contributed by atoms with E-state index in [4.69, 9.17) is 11.6 Å². The Morgan fingerprint density at radius 2 is 2.09 bits per heavy atom. The maximum Gasteiger partial charge on any atom is 0.255 e. The van der Waals surface area contributed by atoms with Crippen molar-refractivity contribution < 1.29 is 9.18 Å². The maximum atomic E-state index is 13.4. The number of hydrogen-bond donors (Lipinski definition) is 1. The van der Waals surface area contributed by atoms with Gasteiger partial charge in [0.2, 0.25) is 0 Å². The van der Waals surface area contributed by atoms with Gasteiger partial charge in [-0.2, -0.15) is 0 Å². The second-order valence-electron chi connectivity index (χ2n) is 4.39. The highest BCUT2D eigenvalue weighted by molar-refractivity contribution is 6.30. The lowest BCUT2D eigenvalue weighted by Crippen LogP contribution is -2.12. The SMILES string of the molecule is O=C(Nc1ccc(Cl)c(F)c1)c1cccc(-n2cnnn2)c1. The lowest BCUT2D eigenvalue weighted by atomic mass is 10.2. The highest BCUT2D eigenvalue weighted by Gasteiger charge is 2.09. The lowest BCUT2D eigenvalue weighted by molar-refractivity contribution is 0.102. The van der Waals surface area contributed by atoms with Crippen molar-refractivity contribution in [1.82, 2.24) is 20.2 Å². The first kappa shape index (κ1) is 14.2. The van der Waals surface area contributed by atoms with Crippen molar-refractivity contribution in [2.24, 2.45) is 0 Å². The summed E-state index contributed by atoms with van der Waals surface area (Å²) in [5.74, 6) is -0.974. The van der Waals surface area contributed by atoms with Crippen molar-refractivity contribution in [3.05, 3.63) is 65.2 Å². The van der Waals surface area contributed by atoms with Crippen LogP contribution in [0.15, 0.2) is 48.8 Å². The molecule has 0 spiro atoms. The summed E-state index contributed by atoms with van der Waals surface area (Å²) in [4.78, 5) is 12.2. The van der Waals surface area contributed by atoms with Gasteiger partial charge in [-0.05, 0) is 46.8 Å². The van der Waals surface area contributed by atoms with Gasteiger partial charge in [-0.3, -0.25) is 4.79 Å². The van der Waals surface area contributed by atoms with Gasteiger partial charge in [-0.15, -0.1) is 5.10 Å². The molecule has 110 valence electrons. The van der Waals surface area contributed by atoms with E-state index >= 15 is 0 Å². The molecule has 1 amide bonds. The molecule has 0 atom stereocenters. The van der Waals surface area contributed by atoms with Crippen molar-refractivity contribution in [3.8, 4) is 5.69 Å². The molecule has 0 aliphatic carbocycles. The smallest absolute Gasteiger partial charge is 0.255 e. The molecule has 6 nitrogen and oxygen atoms in total. The number of rotatable bonds is 3. The van der Waals surface area contributed by atoms with Gasteiger partial charge in [0.25, 0.3) is 5.91 Å². The molecule has 8 heteroatoms. The Bertz CT molecular complexity index is 822. The van der Waals surface area contributed by atoms with Gasteiger partial charge in [-0.25, -0.2) is 9.07 Å². The van der Waals surface area contributed by atoms with Crippen molar-refractivity contribution in [2.75, 3.05) is 5.32 Å². The Hall–Kier alpha value is -2.80. The largest absolute Gasteiger partial charge is 0.322 e. The molecule has 0 saturated carbocycles. The molecule has 0 unspecified atom stereocenters. The minimum absolute atomic E-state index is 0.00122. The third kappa shape index (κ3) is 2.94. The van der Waals surface area contributed by atoms with Gasteiger partial charge in [0.15, 0.2) is 0 Å². The van der Waals surface area contributed by atoms with E-state index in [0.29, 0.717) is 16.9 Å². The number of nitrogens with one attached hydrogen (secondary N) is 1. The molecule has 3 rings (SSSR count). The van der Waals surface area contributed by atoms with Gasteiger partial charge >= 0.3 is 0 Å². The van der Waals surface area contributed by atoms with Crippen molar-refractivity contribution in [1.29, 1.82) is 0 Å². The van der Waals surface area contributed by atoms with E-state index in [1.54, 1.807) is 24.3 Å². The van der Waals surface area contributed by atoms with E-state index < -0.39 is 5.82 Å². The fraction of sp³-hybridized carbons (Fsp3) is 0. The first-order chi connectivity index (χ1) is 10.6. The Balaban J connectivity index is 1.83. The highest BCUT2D eigenvalue weighted by atomic mass is 35.5. The lowest BCUT2D eigenvalue weighted by Gasteiger charge is -2.07. The molecule has 0 fully saturated rings. The maximum absolute atomic E-state index is 13.4. The molecule has 0 radical (unpaired) electrons. The third-order valence-electron chi connectivity index (χ3n) is 2.90. The Morgan fingerprint density at radius 1 is 1.23 bits per heavy atom. The van der Waals surface area contributed by atoms with E-state index in [1.807, 2.05) is 0 Å². The van der Waals surface area contributed by atoms with Crippen LogP contribution in [0.5, 0.6) is 0 Å². The van der Waals surface area contributed by atoms with Crippen LogP contribution in [0, 0.1) is 5.82 Å². The zero-order valence-corrected chi connectivity index (χ0v) is 11.8. The van der Waals surface area contributed by atoms with Crippen LogP contribution in [0.3, 0.4) is 0 Å². The summed E-state index contributed by atoms with van der Waals surface area (Å²) in [7, 11) is 0. The number of aromatic nitrogens is 4. The van der Waals surface area contributed by atoms with Gasteiger partial charge in [-0.1, -0.05) is 17.7 Å². The Morgan fingerprint density at radius 3 is 2.82 bits per heavy atom. The molecule has 0 bridgehead atoms. The molecule has 0 aliphatic rings. The molecule has 22 heavy (non-hydrogen) atoms. The van der Waals surface area contributed by atoms with Crippen LogP contribution in [0.25, 0.3) is 5.69 Å². The molecule has 1 aromatic heterocycles. The minimum atomic E-state index is -0.595. The number of carbonyl (C=O) groups is 1. The molecule has 0 aliphatic heterocycles. The number of hydrogen-bond acceptors (Lipinski definition) is 4. The fourth-order valence-corrected chi connectivity index (χ4v) is 1.96. The summed E-state index contributed by atoms with van der Waals surface area (Å²) < 4.78 is 14.8. The molecule has 0 saturated heterocycles. The van der Waals surface area contributed by atoms with Crippen LogP contribution in [0.2, 0.25) is 5.02 Å². The van der Waals surface area contributed by atoms with Crippen LogP contribution < -0.4 is 5.32 Å². The molecule has 1 N–H and O–H groups in total. The van der Waals surface area contributed by atoms with Crippen LogP contribution >= 0.6 is 11.6 Å². The molecular formula is C14H9ClFN5O. The quantitative estimate of drug-likeness (QED) is 0.806. The predicted octanol–water partition coefficient (Wildman–Crippen LogP) is 2.71. The summed E-state index contributed by atoms with van der Waals surface area (Å²) in [6.07, 6.45) is 1.42. The summed E-state index contributed by atoms with van der Waals surface area (Å²) in [6, 6.07) is 10.8. The zero-order valence-electron chi connectivity index (χ0n) is 11.1. The monoisotopic (exact) mass is 317 g/mol. The Labute approximate surface area is 129 Å². The minimum Gasteiger partial charge on any atom is -0.322 e. The van der Waals surface area contributed by atoms with E-state index in [-0.39, 0.29) is 10.9 Å². The van der Waals surface area contributed by atoms with Crippen LogP contribution in [-0.2, 0) is 0 Å². The van der Waals surface area contributed by atoms with Gasteiger partial charge < -0.3 is 5.32 Å². The third-order valence-corrected chi connectivity index (χ3v) is 3.21. The second kappa shape index (κ2) is 5.90. The number of benzene rings is 2. The number of halogens is 2. The number of carbonyl (C=O) groups excluding carboxylic acids is 1. The first-order valence-corrected chi connectivity index (χ1v) is 6.61. The van der Waals surface area contributed by atoms with Crippen LogP contribution in [0.1, 0.15) is 10.4 Å². The van der Waals surface area contributed by atoms with Crippen LogP contribution in [-0.4, -0.2) is 26.1 Å². The average molecular weight is 318 g/mol. The van der Waals surface area contributed by atoms with Gasteiger partial charge in [0, 0.05) is 11.3 Å². The molecule has 2 aromatic carbocycles. The van der Waals surface area contributed by atoms with Crippen molar-refractivity contribution >= 4 is 23.2 Å². The van der Waals surface area contributed by atoms with Gasteiger partial charge in [0.1, 0.15) is 12.1 Å². The van der Waals surface area contributed by atoms with Crippen molar-refractivity contribution in [3.63, 3.8) is 0 Å². The summed E-state index contributed by atoms with van der Waals surface area (Å²) >= 11 is 5.60. The second-order valence-corrected chi connectivity index (χ2v) is 4.79. The Kier molecular flexibility index (Phi) is 3.80. The summed E-state index contributed by atoms with van der Waals surface area (Å²) in [5, 5.41) is 13.4. The van der Waals surface area contributed by atoms with Crippen molar-refractivity contribution in [2.45, 2.75) is 0 Å². The average Bonchev–Trinajstić information content (AvgIpc) is 3.05. The fourth-order valence-electron chi connectivity index (χ4n) is 1.85. The molecule has 1 heterocycles. The normalized spacial score (nSPS) is 10.5. The zero-order chi connectivity index (χ0) is 15.5. The number of tetrazole rings is 1. The van der Waals surface area contributed by atoms with E-state index in [2.05, 4.69) is 20.8 Å². The summed E-state index contributed by atoms with van der Waals surface area (Å²) in [6.45, 7) is 0. The predicted molar refractivity (Wildman–Crippen MR) is 78.5 cm³/mol. The standard InChI is InChI=1S/C14H9ClFN5O/c15-12-5-4-10(7-13(12)16)18-14(22)9-2-1-3-11(6-9)21-8-17-19-20-21/h1-8H,(H,18,22). The summed E-state index contributed by atoms with van der Waals surface area (Å²) in [5.41, 5.74) is 1.35. The number of anilines is 1. The van der Waals surface area contributed by atoms with E-state index in [9.17, 15) is 9.18 Å². The first-order valence-electron chi connectivity index (χ1n) is 6.23. The van der Waals surface area contributed by atoms with Crippen LogP contribution in [0.4, 0.5) is 10.1 Å². The molecular weight excluding hydrogens is 309 g/mol. The number of nitrogens with zero attached hydrogens (tertiary/aromatic N) is 4. The number of amides is 1.